The van der Waals surface area contributed by atoms with Crippen LogP contribution in [0.15, 0.2) is 24.3 Å². The molecule has 3 fully saturated rings. The molecule has 3 nitrogen and oxygen atoms in total. The maximum atomic E-state index is 10.5. The van der Waals surface area contributed by atoms with E-state index in [4.69, 9.17) is 0 Å². The molecule has 1 N–H and O–H groups in total. The molecule has 0 aromatic heterocycles. The van der Waals surface area contributed by atoms with Gasteiger partial charge in [0.15, 0.2) is 0 Å². The van der Waals surface area contributed by atoms with E-state index >= 15 is 0 Å². The highest BCUT2D eigenvalue weighted by Gasteiger charge is 2.35. The van der Waals surface area contributed by atoms with Gasteiger partial charge in [0.2, 0.25) is 0 Å². The molecule has 2 bridgehead atoms. The van der Waals surface area contributed by atoms with Crippen LogP contribution in [-0.2, 0) is 6.42 Å². The number of fused-ring (bicyclic) bond motifs is 3. The number of aryl methyl sites for hydroxylation is 1. The molecule has 2 unspecified atom stereocenters. The summed E-state index contributed by atoms with van der Waals surface area (Å²) in [6.45, 7) is 7.75. The smallest absolute Gasteiger partial charge is 0.0748 e. The molecular weight excluding hydrogens is 224 g/mol. The lowest BCUT2D eigenvalue weighted by Crippen LogP contribution is -2.64. The molecule has 3 heterocycles. The van der Waals surface area contributed by atoms with E-state index in [2.05, 4.69) is 41.0 Å². The van der Waals surface area contributed by atoms with E-state index in [1.54, 1.807) is 0 Å². The van der Waals surface area contributed by atoms with Crippen LogP contribution in [0.1, 0.15) is 11.1 Å². The van der Waals surface area contributed by atoms with Gasteiger partial charge in [-0.05, 0) is 18.1 Å². The van der Waals surface area contributed by atoms with E-state index in [0.717, 1.165) is 26.1 Å². The Morgan fingerprint density at radius 2 is 1.94 bits per heavy atom. The summed E-state index contributed by atoms with van der Waals surface area (Å²) in [5.74, 6) is 0. The average Bonchev–Trinajstić information content (AvgIpc) is 2.42. The van der Waals surface area contributed by atoms with E-state index in [9.17, 15) is 5.11 Å². The fraction of sp³-hybridized carbons (Fsp3) is 0.600. The van der Waals surface area contributed by atoms with Crippen molar-refractivity contribution in [3.05, 3.63) is 35.4 Å². The number of benzene rings is 1. The van der Waals surface area contributed by atoms with Gasteiger partial charge < -0.3 is 5.11 Å². The first kappa shape index (κ1) is 12.2. The Balaban J connectivity index is 1.68. The van der Waals surface area contributed by atoms with E-state index in [1.807, 2.05) is 0 Å². The van der Waals surface area contributed by atoms with Gasteiger partial charge in [-0.25, -0.2) is 0 Å². The zero-order valence-electron chi connectivity index (χ0n) is 11.0. The third kappa shape index (κ3) is 2.30. The van der Waals surface area contributed by atoms with Gasteiger partial charge in [-0.15, -0.1) is 0 Å². The Kier molecular flexibility index (Phi) is 3.37. The van der Waals surface area contributed by atoms with Crippen molar-refractivity contribution in [1.82, 2.24) is 9.80 Å². The van der Waals surface area contributed by atoms with Gasteiger partial charge in [0.05, 0.1) is 6.10 Å². The van der Waals surface area contributed by atoms with Gasteiger partial charge in [0, 0.05) is 45.2 Å². The summed E-state index contributed by atoms with van der Waals surface area (Å²) in [6.07, 6.45) is 0.538. The Bertz CT molecular complexity index is 413. The summed E-state index contributed by atoms with van der Waals surface area (Å²) in [6, 6.07) is 8.70. The van der Waals surface area contributed by atoms with Crippen molar-refractivity contribution >= 4 is 0 Å². The molecule has 1 aromatic carbocycles. The number of aliphatic hydroxyl groups is 1. The minimum atomic E-state index is -0.241. The average molecular weight is 246 g/mol. The topological polar surface area (TPSA) is 26.7 Å². The normalized spacial score (nSPS) is 32.4. The van der Waals surface area contributed by atoms with Gasteiger partial charge >= 0.3 is 0 Å². The predicted molar refractivity (Wildman–Crippen MR) is 72.7 cm³/mol. The molecule has 0 saturated carbocycles. The number of aliphatic hydroxyl groups excluding tert-OH is 1. The van der Waals surface area contributed by atoms with E-state index < -0.39 is 0 Å². The molecule has 3 saturated heterocycles. The van der Waals surface area contributed by atoms with Crippen molar-refractivity contribution in [2.24, 2.45) is 0 Å². The summed E-state index contributed by atoms with van der Waals surface area (Å²) in [4.78, 5) is 4.94. The molecule has 0 radical (unpaired) electrons. The summed E-state index contributed by atoms with van der Waals surface area (Å²) >= 11 is 0. The maximum Gasteiger partial charge on any atom is 0.0748 e. The molecule has 3 aliphatic heterocycles. The number of nitrogens with zero attached hydrogens (tertiary/aromatic N) is 2. The first-order valence-electron chi connectivity index (χ1n) is 6.93. The quantitative estimate of drug-likeness (QED) is 0.858. The van der Waals surface area contributed by atoms with Crippen LogP contribution in [0.4, 0.5) is 0 Å². The van der Waals surface area contributed by atoms with Crippen LogP contribution in [-0.4, -0.2) is 59.8 Å². The molecule has 4 rings (SSSR count). The van der Waals surface area contributed by atoms with Crippen molar-refractivity contribution < 1.29 is 5.11 Å². The van der Waals surface area contributed by atoms with Crippen LogP contribution in [0.2, 0.25) is 0 Å². The van der Waals surface area contributed by atoms with Crippen LogP contribution in [0.25, 0.3) is 0 Å². The lowest BCUT2D eigenvalue weighted by molar-refractivity contribution is -0.0453. The summed E-state index contributed by atoms with van der Waals surface area (Å²) < 4.78 is 0. The van der Waals surface area contributed by atoms with Gasteiger partial charge in [-0.3, -0.25) is 9.80 Å². The van der Waals surface area contributed by atoms with E-state index in [0.29, 0.717) is 6.04 Å². The zero-order valence-corrected chi connectivity index (χ0v) is 11.0. The largest absolute Gasteiger partial charge is 0.391 e. The second-order valence-corrected chi connectivity index (χ2v) is 5.60. The number of hydrogen-bond donors (Lipinski definition) is 1. The highest BCUT2D eigenvalue weighted by atomic mass is 16.3. The van der Waals surface area contributed by atoms with E-state index in [-0.39, 0.29) is 6.10 Å². The molecule has 0 aliphatic carbocycles. The Morgan fingerprint density at radius 1 is 1.22 bits per heavy atom. The standard InChI is InChI=1S/C15H22N2O/c1-12-4-2-3-5-13(12)10-15(18)14-11-16-6-8-17(14)9-7-16/h2-5,14-15,18H,6-11H2,1H3. The van der Waals surface area contributed by atoms with Crippen molar-refractivity contribution in [2.45, 2.75) is 25.5 Å². The van der Waals surface area contributed by atoms with Crippen molar-refractivity contribution in [1.29, 1.82) is 0 Å². The molecule has 3 heteroatoms. The number of hydrogen-bond acceptors (Lipinski definition) is 3. The van der Waals surface area contributed by atoms with Crippen LogP contribution in [0.3, 0.4) is 0 Å². The third-order valence-corrected chi connectivity index (χ3v) is 4.46. The molecule has 3 aliphatic rings. The molecule has 98 valence electrons. The molecule has 18 heavy (non-hydrogen) atoms. The van der Waals surface area contributed by atoms with Gasteiger partial charge in [-0.1, -0.05) is 24.3 Å². The SMILES string of the molecule is Cc1ccccc1CC(O)C1CN2CCN1CC2. The Morgan fingerprint density at radius 3 is 2.56 bits per heavy atom. The molecule has 2 atom stereocenters. The first-order chi connectivity index (χ1) is 8.74. The van der Waals surface area contributed by atoms with Gasteiger partial charge in [0.1, 0.15) is 0 Å². The minimum absolute atomic E-state index is 0.241. The van der Waals surface area contributed by atoms with Crippen molar-refractivity contribution in [3.63, 3.8) is 0 Å². The predicted octanol–water partition coefficient (Wildman–Crippen LogP) is 0.898. The molecular formula is C15H22N2O. The highest BCUT2D eigenvalue weighted by Crippen LogP contribution is 2.21. The summed E-state index contributed by atoms with van der Waals surface area (Å²) in [7, 11) is 0. The number of rotatable bonds is 3. The highest BCUT2D eigenvalue weighted by molar-refractivity contribution is 5.26. The van der Waals surface area contributed by atoms with Crippen LogP contribution in [0.5, 0.6) is 0 Å². The van der Waals surface area contributed by atoms with Crippen LogP contribution in [0, 0.1) is 6.92 Å². The third-order valence-electron chi connectivity index (χ3n) is 4.46. The molecule has 0 spiro atoms. The fourth-order valence-corrected chi connectivity index (χ4v) is 3.22. The molecule has 1 aromatic rings. The minimum Gasteiger partial charge on any atom is -0.391 e. The van der Waals surface area contributed by atoms with Crippen LogP contribution >= 0.6 is 0 Å². The maximum absolute atomic E-state index is 10.5. The zero-order chi connectivity index (χ0) is 12.5. The van der Waals surface area contributed by atoms with Gasteiger partial charge in [0.25, 0.3) is 0 Å². The number of piperazine rings is 3. The lowest BCUT2D eigenvalue weighted by Gasteiger charge is -2.49. The first-order valence-corrected chi connectivity index (χ1v) is 6.93. The van der Waals surface area contributed by atoms with Gasteiger partial charge in [-0.2, -0.15) is 0 Å². The van der Waals surface area contributed by atoms with Crippen LogP contribution < -0.4 is 0 Å². The fourth-order valence-electron chi connectivity index (χ4n) is 3.22. The Hall–Kier alpha value is -0.900. The van der Waals surface area contributed by atoms with Crippen molar-refractivity contribution in [2.75, 3.05) is 32.7 Å². The molecule has 0 amide bonds. The monoisotopic (exact) mass is 246 g/mol. The summed E-state index contributed by atoms with van der Waals surface area (Å²) in [5.41, 5.74) is 2.57. The van der Waals surface area contributed by atoms with Crippen molar-refractivity contribution in [3.8, 4) is 0 Å². The Labute approximate surface area is 109 Å². The second kappa shape index (κ2) is 5.00. The summed E-state index contributed by atoms with van der Waals surface area (Å²) in [5, 5.41) is 10.5. The van der Waals surface area contributed by atoms with E-state index in [1.165, 1.54) is 24.2 Å². The lowest BCUT2D eigenvalue weighted by atomic mass is 9.95. The second-order valence-electron chi connectivity index (χ2n) is 5.60.